The number of esters is 2. The van der Waals surface area contributed by atoms with E-state index in [1.165, 1.54) is 25.6 Å². The summed E-state index contributed by atoms with van der Waals surface area (Å²) < 4.78 is 9.55. The summed E-state index contributed by atoms with van der Waals surface area (Å²) >= 11 is 1.27. The van der Waals surface area contributed by atoms with Crippen LogP contribution in [0.15, 0.2) is 0 Å². The Hall–Kier alpha value is -1.93. The van der Waals surface area contributed by atoms with Gasteiger partial charge < -0.3 is 20.5 Å². The Bertz CT molecular complexity index is 596. The fourth-order valence-electron chi connectivity index (χ4n) is 2.41. The van der Waals surface area contributed by atoms with Crippen LogP contribution in [0.1, 0.15) is 33.1 Å². The molecule has 0 fully saturated rings. The van der Waals surface area contributed by atoms with Crippen molar-refractivity contribution in [1.29, 1.82) is 0 Å². The quantitative estimate of drug-likeness (QED) is 0.790. The van der Waals surface area contributed by atoms with Gasteiger partial charge in [-0.25, -0.2) is 4.79 Å². The third kappa shape index (κ3) is 2.77. The maximum Gasteiger partial charge on any atom is 0.341 e. The molecule has 1 aromatic rings. The molecule has 7 nitrogen and oxygen atoms in total. The number of nitrogens with two attached hydrogens (primary N) is 1. The van der Waals surface area contributed by atoms with E-state index in [0.29, 0.717) is 23.4 Å². The Morgan fingerprint density at radius 1 is 1.33 bits per heavy atom. The summed E-state index contributed by atoms with van der Waals surface area (Å²) in [5, 5.41) is 2.96. The fourth-order valence-corrected chi connectivity index (χ4v) is 3.69. The molecule has 0 spiro atoms. The zero-order valence-electron chi connectivity index (χ0n) is 11.7. The zero-order chi connectivity index (χ0) is 15.6. The second kappa shape index (κ2) is 6.23. The molecular formula is C13H16N2O5S. The van der Waals surface area contributed by atoms with Crippen LogP contribution in [0, 0.1) is 0 Å². The number of carbonyl (C=O) groups excluding carboxylic acids is 3. The van der Waals surface area contributed by atoms with Gasteiger partial charge in [-0.05, 0) is 18.4 Å². The molecule has 21 heavy (non-hydrogen) atoms. The molecule has 8 heteroatoms. The van der Waals surface area contributed by atoms with Gasteiger partial charge in [0.05, 0.1) is 32.2 Å². The molecule has 0 aliphatic heterocycles. The number of nitrogens with one attached hydrogen (secondary N) is 1. The van der Waals surface area contributed by atoms with E-state index in [1.54, 1.807) is 0 Å². The average Bonchev–Trinajstić information content (AvgIpc) is 3.03. The lowest BCUT2D eigenvalue weighted by atomic mass is 9.99. The number of fused-ring (bicyclic) bond motifs is 1. The van der Waals surface area contributed by atoms with Crippen LogP contribution in [-0.4, -0.2) is 38.6 Å². The van der Waals surface area contributed by atoms with E-state index in [2.05, 4.69) is 5.32 Å². The Balaban J connectivity index is 2.48. The first-order valence-corrected chi connectivity index (χ1v) is 7.16. The highest BCUT2D eigenvalue weighted by Crippen LogP contribution is 2.45. The normalized spacial score (nSPS) is 16.2. The molecule has 1 atom stereocenters. The topological polar surface area (TPSA) is 108 Å². The highest BCUT2D eigenvalue weighted by molar-refractivity contribution is 7.17. The van der Waals surface area contributed by atoms with E-state index in [9.17, 15) is 14.4 Å². The van der Waals surface area contributed by atoms with Crippen LogP contribution < -0.4 is 11.1 Å². The van der Waals surface area contributed by atoms with Gasteiger partial charge in [0.15, 0.2) is 0 Å². The summed E-state index contributed by atoms with van der Waals surface area (Å²) in [5.74, 6) is -1.89. The van der Waals surface area contributed by atoms with Gasteiger partial charge in [-0.2, -0.15) is 0 Å². The van der Waals surface area contributed by atoms with Crippen molar-refractivity contribution in [2.24, 2.45) is 5.73 Å². The van der Waals surface area contributed by atoms with Gasteiger partial charge in [-0.15, -0.1) is 11.3 Å². The summed E-state index contributed by atoms with van der Waals surface area (Å²) in [6.07, 6.45) is 1.24. The van der Waals surface area contributed by atoms with Crippen LogP contribution in [0.4, 0.5) is 5.00 Å². The number of hydrogen-bond acceptors (Lipinski definition) is 7. The molecule has 114 valence electrons. The molecule has 3 N–H and O–H groups in total. The second-order valence-electron chi connectivity index (χ2n) is 4.50. The first kappa shape index (κ1) is 15.5. The predicted octanol–water partition coefficient (Wildman–Crippen LogP) is 0.635. The standard InChI is InChI=1S/C13H16N2O5S/c1-19-12(17)6-3-4-7-9(6)10(13(18)20-2)11(21-7)15-8(16)5-14/h6H,3-5,14H2,1-2H3,(H,15,16). The van der Waals surface area contributed by atoms with Crippen molar-refractivity contribution in [3.05, 3.63) is 16.0 Å². The molecule has 0 aromatic carbocycles. The maximum atomic E-state index is 12.0. The van der Waals surface area contributed by atoms with E-state index < -0.39 is 23.8 Å². The average molecular weight is 312 g/mol. The number of rotatable bonds is 4. The summed E-state index contributed by atoms with van der Waals surface area (Å²) in [7, 11) is 2.56. The van der Waals surface area contributed by atoms with Crippen molar-refractivity contribution >= 4 is 34.2 Å². The molecule has 1 aliphatic carbocycles. The number of hydrogen-bond donors (Lipinski definition) is 2. The van der Waals surface area contributed by atoms with Crippen molar-refractivity contribution in [3.8, 4) is 0 Å². The minimum absolute atomic E-state index is 0.191. The molecule has 1 amide bonds. The zero-order valence-corrected chi connectivity index (χ0v) is 12.5. The molecule has 0 radical (unpaired) electrons. The molecule has 1 aromatic heterocycles. The number of anilines is 1. The third-order valence-corrected chi connectivity index (χ3v) is 4.52. The maximum absolute atomic E-state index is 12.0. The summed E-state index contributed by atoms with van der Waals surface area (Å²) in [6, 6.07) is 0. The van der Waals surface area contributed by atoms with Crippen molar-refractivity contribution in [1.82, 2.24) is 0 Å². The molecule has 1 aliphatic rings. The van der Waals surface area contributed by atoms with Crippen LogP contribution in [0.2, 0.25) is 0 Å². The van der Waals surface area contributed by atoms with Gasteiger partial charge in [0.2, 0.25) is 5.91 Å². The summed E-state index contributed by atoms with van der Waals surface area (Å²) in [4.78, 5) is 36.2. The van der Waals surface area contributed by atoms with Crippen LogP contribution in [0.25, 0.3) is 0 Å². The van der Waals surface area contributed by atoms with Gasteiger partial charge in [0, 0.05) is 4.88 Å². The highest BCUT2D eigenvalue weighted by atomic mass is 32.1. The third-order valence-electron chi connectivity index (χ3n) is 3.34. The molecule has 1 unspecified atom stereocenters. The Morgan fingerprint density at radius 3 is 2.62 bits per heavy atom. The van der Waals surface area contributed by atoms with Gasteiger partial charge >= 0.3 is 11.9 Å². The minimum atomic E-state index is -0.587. The van der Waals surface area contributed by atoms with Gasteiger partial charge in [0.25, 0.3) is 0 Å². The van der Waals surface area contributed by atoms with Gasteiger partial charge in [-0.3, -0.25) is 9.59 Å². The van der Waals surface area contributed by atoms with Crippen molar-refractivity contribution < 1.29 is 23.9 Å². The second-order valence-corrected chi connectivity index (χ2v) is 5.61. The summed E-state index contributed by atoms with van der Waals surface area (Å²) in [5.41, 5.74) is 6.10. The van der Waals surface area contributed by atoms with Crippen LogP contribution in [0.3, 0.4) is 0 Å². The van der Waals surface area contributed by atoms with Crippen molar-refractivity contribution in [3.63, 3.8) is 0 Å². The highest BCUT2D eigenvalue weighted by Gasteiger charge is 2.38. The number of ether oxygens (including phenoxy) is 2. The van der Waals surface area contributed by atoms with Gasteiger partial charge in [0.1, 0.15) is 5.00 Å². The molecular weight excluding hydrogens is 296 g/mol. The van der Waals surface area contributed by atoms with Crippen molar-refractivity contribution in [2.75, 3.05) is 26.1 Å². The van der Waals surface area contributed by atoms with E-state index in [-0.39, 0.29) is 12.1 Å². The summed E-state index contributed by atoms with van der Waals surface area (Å²) in [6.45, 7) is -0.191. The van der Waals surface area contributed by atoms with E-state index in [0.717, 1.165) is 4.88 Å². The number of carbonyl (C=O) groups is 3. The Morgan fingerprint density at radius 2 is 2.05 bits per heavy atom. The van der Waals surface area contributed by atoms with Crippen molar-refractivity contribution in [2.45, 2.75) is 18.8 Å². The van der Waals surface area contributed by atoms with E-state index >= 15 is 0 Å². The lowest BCUT2D eigenvalue weighted by molar-refractivity contribution is -0.142. The smallest absolute Gasteiger partial charge is 0.341 e. The van der Waals surface area contributed by atoms with E-state index in [4.69, 9.17) is 15.2 Å². The monoisotopic (exact) mass is 312 g/mol. The minimum Gasteiger partial charge on any atom is -0.469 e. The lowest BCUT2D eigenvalue weighted by Crippen LogP contribution is -2.23. The first-order chi connectivity index (χ1) is 10.0. The van der Waals surface area contributed by atoms with E-state index in [1.807, 2.05) is 0 Å². The molecule has 2 rings (SSSR count). The molecule has 1 heterocycles. The molecule has 0 saturated heterocycles. The van der Waals surface area contributed by atoms with Crippen LogP contribution >= 0.6 is 11.3 Å². The SMILES string of the molecule is COC(=O)c1c(NC(=O)CN)sc2c1C(C(=O)OC)CC2. The largest absolute Gasteiger partial charge is 0.469 e. The number of thiophene rings is 1. The van der Waals surface area contributed by atoms with Gasteiger partial charge in [-0.1, -0.05) is 0 Å². The van der Waals surface area contributed by atoms with Crippen LogP contribution in [-0.2, 0) is 25.5 Å². The molecule has 0 bridgehead atoms. The molecule has 0 saturated carbocycles. The lowest BCUT2D eigenvalue weighted by Gasteiger charge is -2.11. The Kier molecular flexibility index (Phi) is 4.59. The number of aryl methyl sites for hydroxylation is 1. The van der Waals surface area contributed by atoms with Crippen LogP contribution in [0.5, 0.6) is 0 Å². The Labute approximate surface area is 125 Å². The number of amides is 1. The number of methoxy groups -OCH3 is 2. The first-order valence-electron chi connectivity index (χ1n) is 6.35. The fraction of sp³-hybridized carbons (Fsp3) is 0.462. The predicted molar refractivity (Wildman–Crippen MR) is 76.4 cm³/mol.